The van der Waals surface area contributed by atoms with Crippen LogP contribution in [0.2, 0.25) is 5.02 Å². The zero-order valence-electron chi connectivity index (χ0n) is 15.9. The molecule has 0 N–H and O–H groups in total. The van der Waals surface area contributed by atoms with Crippen LogP contribution < -0.4 is 4.90 Å². The van der Waals surface area contributed by atoms with E-state index in [9.17, 15) is 4.79 Å². The summed E-state index contributed by atoms with van der Waals surface area (Å²) in [5.41, 5.74) is 1.74. The number of nitrogens with zero attached hydrogens (tertiary/aromatic N) is 4. The summed E-state index contributed by atoms with van der Waals surface area (Å²) in [4.78, 5) is 25.9. The van der Waals surface area contributed by atoms with Crippen molar-refractivity contribution in [1.82, 2.24) is 14.9 Å². The predicted molar refractivity (Wildman–Crippen MR) is 114 cm³/mol. The van der Waals surface area contributed by atoms with Crippen molar-refractivity contribution in [2.24, 2.45) is 0 Å². The number of para-hydroxylation sites is 1. The number of aromatic nitrogens is 2. The highest BCUT2D eigenvalue weighted by Crippen LogP contribution is 2.31. The second kappa shape index (κ2) is 8.25. The quantitative estimate of drug-likeness (QED) is 0.653. The second-order valence-electron chi connectivity index (χ2n) is 7.02. The average molecular weight is 395 g/mol. The highest BCUT2D eigenvalue weighted by molar-refractivity contribution is 6.33. The fourth-order valence-corrected chi connectivity index (χ4v) is 3.76. The normalized spacial score (nSPS) is 15.1. The fraction of sp³-hybridized carbons (Fsp3) is 0.318. The van der Waals surface area contributed by atoms with Crippen molar-refractivity contribution < 1.29 is 4.79 Å². The first-order chi connectivity index (χ1) is 13.7. The average Bonchev–Trinajstić information content (AvgIpc) is 2.74. The van der Waals surface area contributed by atoms with Gasteiger partial charge in [0, 0.05) is 43.5 Å². The Balaban J connectivity index is 1.67. The molecule has 0 radical (unpaired) electrons. The number of Topliss-reactive ketones (excluding diaryl/α,β-unsaturated/α-hetero) is 1. The Bertz CT molecular complexity index is 999. The lowest BCUT2D eigenvalue weighted by Gasteiger charge is -2.35. The summed E-state index contributed by atoms with van der Waals surface area (Å²) in [5, 5.41) is 1.68. The minimum atomic E-state index is 0.293. The van der Waals surface area contributed by atoms with Gasteiger partial charge in [0.05, 0.1) is 17.1 Å². The Morgan fingerprint density at radius 3 is 2.46 bits per heavy atom. The summed E-state index contributed by atoms with van der Waals surface area (Å²) < 4.78 is 0. The van der Waals surface area contributed by atoms with Gasteiger partial charge in [-0.2, -0.15) is 0 Å². The number of carbonyl (C=O) groups is 1. The standard InChI is InChI=1S/C22H23ClN4O/c1-2-16(28)15-26-11-13-27(14-12-26)22-18-8-4-6-10-20(18)24-21(25-22)17-7-3-5-9-19(17)23/h3-10H,2,11-15H2,1H3. The van der Waals surface area contributed by atoms with Crippen LogP contribution in [-0.4, -0.2) is 53.4 Å². The molecular weight excluding hydrogens is 372 g/mol. The molecule has 0 bridgehead atoms. The minimum absolute atomic E-state index is 0.293. The van der Waals surface area contributed by atoms with E-state index in [0.717, 1.165) is 48.5 Å². The van der Waals surface area contributed by atoms with Gasteiger partial charge in [0.2, 0.25) is 0 Å². The van der Waals surface area contributed by atoms with Crippen molar-refractivity contribution in [3.63, 3.8) is 0 Å². The first-order valence-corrected chi connectivity index (χ1v) is 10.0. The van der Waals surface area contributed by atoms with Crippen molar-refractivity contribution >= 4 is 34.1 Å². The molecule has 0 saturated carbocycles. The molecule has 0 spiro atoms. The van der Waals surface area contributed by atoms with E-state index in [1.165, 1.54) is 0 Å². The van der Waals surface area contributed by atoms with Crippen LogP contribution in [-0.2, 0) is 4.79 Å². The van der Waals surface area contributed by atoms with E-state index in [1.54, 1.807) is 0 Å². The molecule has 4 rings (SSSR count). The molecule has 144 valence electrons. The molecule has 0 unspecified atom stereocenters. The van der Waals surface area contributed by atoms with Gasteiger partial charge in [-0.3, -0.25) is 9.69 Å². The number of ketones is 1. The lowest BCUT2D eigenvalue weighted by molar-refractivity contribution is -0.119. The van der Waals surface area contributed by atoms with Gasteiger partial charge < -0.3 is 4.90 Å². The van der Waals surface area contributed by atoms with Crippen LogP contribution in [0.4, 0.5) is 5.82 Å². The minimum Gasteiger partial charge on any atom is -0.353 e. The maximum absolute atomic E-state index is 11.8. The first kappa shape index (κ1) is 18.8. The van der Waals surface area contributed by atoms with Crippen LogP contribution in [0, 0.1) is 0 Å². The Kier molecular flexibility index (Phi) is 5.55. The van der Waals surface area contributed by atoms with Gasteiger partial charge in [-0.15, -0.1) is 0 Å². The topological polar surface area (TPSA) is 49.3 Å². The van der Waals surface area contributed by atoms with Crippen molar-refractivity contribution in [1.29, 1.82) is 0 Å². The molecule has 1 aromatic heterocycles. The molecule has 0 atom stereocenters. The van der Waals surface area contributed by atoms with Gasteiger partial charge >= 0.3 is 0 Å². The Labute approximate surface area is 170 Å². The van der Waals surface area contributed by atoms with E-state index in [0.29, 0.717) is 29.6 Å². The van der Waals surface area contributed by atoms with Crippen LogP contribution in [0.5, 0.6) is 0 Å². The van der Waals surface area contributed by atoms with E-state index in [1.807, 2.05) is 49.4 Å². The third-order valence-electron chi connectivity index (χ3n) is 5.16. The van der Waals surface area contributed by atoms with Crippen LogP contribution in [0.1, 0.15) is 13.3 Å². The van der Waals surface area contributed by atoms with Crippen molar-refractivity contribution in [3.05, 3.63) is 53.6 Å². The Morgan fingerprint density at radius 2 is 1.71 bits per heavy atom. The number of benzene rings is 2. The highest BCUT2D eigenvalue weighted by atomic mass is 35.5. The van der Waals surface area contributed by atoms with E-state index >= 15 is 0 Å². The first-order valence-electron chi connectivity index (χ1n) is 9.66. The molecule has 1 fully saturated rings. The number of piperazine rings is 1. The zero-order valence-corrected chi connectivity index (χ0v) is 16.7. The number of halogens is 1. The van der Waals surface area contributed by atoms with Crippen LogP contribution in [0.15, 0.2) is 48.5 Å². The molecule has 28 heavy (non-hydrogen) atoms. The summed E-state index contributed by atoms with van der Waals surface area (Å²) in [6.07, 6.45) is 0.595. The predicted octanol–water partition coefficient (Wildman–Crippen LogP) is 4.05. The van der Waals surface area contributed by atoms with E-state index < -0.39 is 0 Å². The van der Waals surface area contributed by atoms with Gasteiger partial charge in [-0.25, -0.2) is 9.97 Å². The van der Waals surface area contributed by atoms with Gasteiger partial charge in [0.1, 0.15) is 11.6 Å². The van der Waals surface area contributed by atoms with Gasteiger partial charge in [-0.1, -0.05) is 42.8 Å². The number of hydrogen-bond donors (Lipinski definition) is 0. The summed E-state index contributed by atoms with van der Waals surface area (Å²) in [7, 11) is 0. The van der Waals surface area contributed by atoms with Gasteiger partial charge in [-0.05, 0) is 24.3 Å². The van der Waals surface area contributed by atoms with Crippen LogP contribution >= 0.6 is 11.6 Å². The summed E-state index contributed by atoms with van der Waals surface area (Å²) in [6.45, 7) is 5.83. The zero-order chi connectivity index (χ0) is 19.5. The number of fused-ring (bicyclic) bond motifs is 1. The van der Waals surface area contributed by atoms with Gasteiger partial charge in [0.15, 0.2) is 5.82 Å². The van der Waals surface area contributed by atoms with E-state index in [2.05, 4.69) is 15.9 Å². The summed E-state index contributed by atoms with van der Waals surface area (Å²) in [6, 6.07) is 15.7. The second-order valence-corrected chi connectivity index (χ2v) is 7.43. The number of rotatable bonds is 5. The van der Waals surface area contributed by atoms with Crippen molar-refractivity contribution in [2.45, 2.75) is 13.3 Å². The lowest BCUT2D eigenvalue weighted by Crippen LogP contribution is -2.48. The SMILES string of the molecule is CCC(=O)CN1CCN(c2nc(-c3ccccc3Cl)nc3ccccc23)CC1. The van der Waals surface area contributed by atoms with Crippen LogP contribution in [0.25, 0.3) is 22.3 Å². The van der Waals surface area contributed by atoms with Crippen molar-refractivity contribution in [3.8, 4) is 11.4 Å². The van der Waals surface area contributed by atoms with Crippen molar-refractivity contribution in [2.75, 3.05) is 37.6 Å². The Morgan fingerprint density at radius 1 is 1.00 bits per heavy atom. The van der Waals surface area contributed by atoms with E-state index in [4.69, 9.17) is 21.6 Å². The highest BCUT2D eigenvalue weighted by Gasteiger charge is 2.22. The molecule has 2 heterocycles. The molecule has 6 heteroatoms. The van der Waals surface area contributed by atoms with Crippen LogP contribution in [0.3, 0.4) is 0 Å². The number of carbonyl (C=O) groups excluding carboxylic acids is 1. The van der Waals surface area contributed by atoms with Gasteiger partial charge in [0.25, 0.3) is 0 Å². The molecule has 2 aromatic carbocycles. The molecule has 3 aromatic rings. The lowest BCUT2D eigenvalue weighted by atomic mass is 10.1. The Hall–Kier alpha value is -2.50. The molecule has 1 aliphatic rings. The number of hydrogen-bond acceptors (Lipinski definition) is 5. The smallest absolute Gasteiger partial charge is 0.163 e. The maximum Gasteiger partial charge on any atom is 0.163 e. The summed E-state index contributed by atoms with van der Waals surface area (Å²) in [5.74, 6) is 1.87. The molecule has 5 nitrogen and oxygen atoms in total. The molecular formula is C22H23ClN4O. The maximum atomic E-state index is 11.8. The third-order valence-corrected chi connectivity index (χ3v) is 5.49. The molecule has 1 aliphatic heterocycles. The van der Waals surface area contributed by atoms with E-state index in [-0.39, 0.29) is 0 Å². The largest absolute Gasteiger partial charge is 0.353 e. The molecule has 0 aliphatic carbocycles. The third kappa shape index (κ3) is 3.86. The fourth-order valence-electron chi connectivity index (χ4n) is 3.54. The summed E-state index contributed by atoms with van der Waals surface area (Å²) >= 11 is 6.40. The number of anilines is 1. The molecule has 0 amide bonds. The molecule has 1 saturated heterocycles. The monoisotopic (exact) mass is 394 g/mol.